The van der Waals surface area contributed by atoms with E-state index in [0.717, 1.165) is 19.4 Å². The highest BCUT2D eigenvalue weighted by molar-refractivity contribution is 9.10. The Bertz CT molecular complexity index is 564. The lowest BCUT2D eigenvalue weighted by molar-refractivity contribution is 0.0994. The highest BCUT2D eigenvalue weighted by Gasteiger charge is 2.16. The molecule has 2 aromatic rings. The van der Waals surface area contributed by atoms with E-state index in [1.807, 2.05) is 55.5 Å². The summed E-state index contributed by atoms with van der Waals surface area (Å²) in [6, 6.07) is 15.5. The quantitative estimate of drug-likeness (QED) is 0.493. The molecule has 0 N–H and O–H groups in total. The summed E-state index contributed by atoms with van der Waals surface area (Å²) >= 11 is 8.35. The van der Waals surface area contributed by atoms with E-state index < -0.39 is 0 Å². The Labute approximate surface area is 134 Å². The Balaban J connectivity index is 2.07. The van der Waals surface area contributed by atoms with Crippen molar-refractivity contribution in [3.8, 4) is 0 Å². The molecule has 1 unspecified atom stereocenters. The first-order valence-corrected chi connectivity index (χ1v) is 8.25. The zero-order valence-electron chi connectivity index (χ0n) is 10.3. The van der Waals surface area contributed by atoms with Crippen LogP contribution in [0.5, 0.6) is 0 Å². The van der Waals surface area contributed by atoms with Crippen LogP contribution in [-0.4, -0.2) is 11.0 Å². The number of carbonyl (C=O) groups excluding carboxylic acids is 1. The van der Waals surface area contributed by atoms with E-state index in [4.69, 9.17) is 0 Å². The van der Waals surface area contributed by atoms with Gasteiger partial charge in [0.1, 0.15) is 0 Å². The lowest BCUT2D eigenvalue weighted by atomic mass is 10.1. The summed E-state index contributed by atoms with van der Waals surface area (Å²) in [6.07, 6.45) is 0. The van der Waals surface area contributed by atoms with Crippen LogP contribution in [0.4, 0.5) is 0 Å². The maximum atomic E-state index is 12.3. The van der Waals surface area contributed by atoms with Gasteiger partial charge in [-0.3, -0.25) is 4.79 Å². The first kappa shape index (κ1) is 14.8. The lowest BCUT2D eigenvalue weighted by Gasteiger charge is -2.10. The van der Waals surface area contributed by atoms with Crippen LogP contribution in [-0.2, 0) is 0 Å². The first-order valence-electron chi connectivity index (χ1n) is 5.78. The van der Waals surface area contributed by atoms with Crippen LogP contribution in [0.25, 0.3) is 0 Å². The molecule has 1 atom stereocenters. The van der Waals surface area contributed by atoms with Gasteiger partial charge in [0.25, 0.3) is 0 Å². The third-order valence-corrected chi connectivity index (χ3v) is 4.79. The van der Waals surface area contributed by atoms with Gasteiger partial charge in [-0.1, -0.05) is 44.0 Å². The minimum atomic E-state index is -0.0950. The van der Waals surface area contributed by atoms with E-state index in [1.165, 1.54) is 0 Å². The molecular formula is C15H12Br2OS. The average molecular weight is 400 g/mol. The number of hydrogen-bond donors (Lipinski definition) is 0. The molecule has 0 radical (unpaired) electrons. The van der Waals surface area contributed by atoms with Gasteiger partial charge in [-0.15, -0.1) is 11.8 Å². The molecular weight excluding hydrogens is 388 g/mol. The number of rotatable bonds is 4. The highest BCUT2D eigenvalue weighted by Crippen LogP contribution is 2.27. The number of ketones is 1. The minimum Gasteiger partial charge on any atom is -0.293 e. The van der Waals surface area contributed by atoms with Gasteiger partial charge >= 0.3 is 0 Å². The topological polar surface area (TPSA) is 17.1 Å². The number of thioether (sulfide) groups is 1. The van der Waals surface area contributed by atoms with Gasteiger partial charge in [0.15, 0.2) is 5.78 Å². The molecule has 0 bridgehead atoms. The summed E-state index contributed by atoms with van der Waals surface area (Å²) in [5.41, 5.74) is 0.750. The molecule has 2 aromatic carbocycles. The molecule has 19 heavy (non-hydrogen) atoms. The number of Topliss-reactive ketones (excluding diaryl/α,β-unsaturated/α-hetero) is 1. The molecule has 0 aromatic heterocycles. The van der Waals surface area contributed by atoms with E-state index >= 15 is 0 Å². The molecule has 0 heterocycles. The van der Waals surface area contributed by atoms with Crippen molar-refractivity contribution >= 4 is 49.4 Å². The summed E-state index contributed by atoms with van der Waals surface area (Å²) in [6.45, 7) is 1.94. The summed E-state index contributed by atoms with van der Waals surface area (Å²) in [7, 11) is 0. The molecule has 2 rings (SSSR count). The summed E-state index contributed by atoms with van der Waals surface area (Å²) in [5, 5.41) is -0.0950. The molecule has 0 aliphatic heterocycles. The largest absolute Gasteiger partial charge is 0.293 e. The van der Waals surface area contributed by atoms with Crippen LogP contribution in [0.15, 0.2) is 62.4 Å². The Morgan fingerprint density at radius 1 is 0.947 bits per heavy atom. The molecule has 0 spiro atoms. The van der Waals surface area contributed by atoms with Gasteiger partial charge < -0.3 is 0 Å². The minimum absolute atomic E-state index is 0.0950. The Morgan fingerprint density at radius 2 is 1.42 bits per heavy atom. The van der Waals surface area contributed by atoms with Gasteiger partial charge in [-0.05, 0) is 43.3 Å². The maximum Gasteiger partial charge on any atom is 0.175 e. The van der Waals surface area contributed by atoms with Crippen molar-refractivity contribution in [3.63, 3.8) is 0 Å². The first-order chi connectivity index (χ1) is 9.06. The fraction of sp³-hybridized carbons (Fsp3) is 0.133. The van der Waals surface area contributed by atoms with Crippen molar-refractivity contribution in [2.24, 2.45) is 0 Å². The second-order valence-corrected chi connectivity index (χ2v) is 7.33. The van der Waals surface area contributed by atoms with Crippen LogP contribution < -0.4 is 0 Å². The molecule has 0 saturated carbocycles. The molecule has 1 nitrogen and oxygen atoms in total. The van der Waals surface area contributed by atoms with E-state index in [9.17, 15) is 4.79 Å². The van der Waals surface area contributed by atoms with Crippen molar-refractivity contribution in [1.29, 1.82) is 0 Å². The molecule has 0 aliphatic rings. The fourth-order valence-electron chi connectivity index (χ4n) is 1.62. The zero-order chi connectivity index (χ0) is 13.8. The third-order valence-electron chi connectivity index (χ3n) is 2.62. The van der Waals surface area contributed by atoms with E-state index in [0.29, 0.717) is 0 Å². The van der Waals surface area contributed by atoms with Crippen molar-refractivity contribution in [1.82, 2.24) is 0 Å². The van der Waals surface area contributed by atoms with Crippen LogP contribution in [0.1, 0.15) is 17.3 Å². The molecule has 0 saturated heterocycles. The smallest absolute Gasteiger partial charge is 0.175 e. The molecule has 0 aliphatic carbocycles. The summed E-state index contributed by atoms with van der Waals surface area (Å²) < 4.78 is 2.03. The van der Waals surface area contributed by atoms with Crippen LogP contribution >= 0.6 is 43.6 Å². The predicted octanol–water partition coefficient (Wildman–Crippen LogP) is 5.58. The molecule has 0 fully saturated rings. The second kappa shape index (κ2) is 6.73. The van der Waals surface area contributed by atoms with E-state index in [1.54, 1.807) is 11.8 Å². The number of halogens is 2. The van der Waals surface area contributed by atoms with Crippen molar-refractivity contribution in [3.05, 3.63) is 63.0 Å². The number of benzene rings is 2. The Kier molecular flexibility index (Phi) is 5.25. The van der Waals surface area contributed by atoms with Gasteiger partial charge in [-0.2, -0.15) is 0 Å². The maximum absolute atomic E-state index is 12.3. The van der Waals surface area contributed by atoms with E-state index in [2.05, 4.69) is 31.9 Å². The second-order valence-electron chi connectivity index (χ2n) is 4.09. The zero-order valence-corrected chi connectivity index (χ0v) is 14.3. The lowest BCUT2D eigenvalue weighted by Crippen LogP contribution is -2.13. The SMILES string of the molecule is CC(Sc1ccc(Br)cc1)C(=O)c1ccc(Br)cc1. The van der Waals surface area contributed by atoms with Gasteiger partial charge in [0.2, 0.25) is 0 Å². The standard InChI is InChI=1S/C15H12Br2OS/c1-10(19-14-8-6-13(17)7-9-14)15(18)11-2-4-12(16)5-3-11/h2-10H,1H3. The summed E-state index contributed by atoms with van der Waals surface area (Å²) in [5.74, 6) is 0.153. The van der Waals surface area contributed by atoms with Crippen molar-refractivity contribution < 1.29 is 4.79 Å². The van der Waals surface area contributed by atoms with Crippen molar-refractivity contribution in [2.45, 2.75) is 17.1 Å². The third kappa shape index (κ3) is 4.20. The molecule has 4 heteroatoms. The Morgan fingerprint density at radius 3 is 1.95 bits per heavy atom. The van der Waals surface area contributed by atoms with Gasteiger partial charge in [0, 0.05) is 19.4 Å². The van der Waals surface area contributed by atoms with Gasteiger partial charge in [-0.25, -0.2) is 0 Å². The molecule has 0 amide bonds. The number of hydrogen-bond acceptors (Lipinski definition) is 2. The van der Waals surface area contributed by atoms with Crippen LogP contribution in [0.2, 0.25) is 0 Å². The van der Waals surface area contributed by atoms with Crippen molar-refractivity contribution in [2.75, 3.05) is 0 Å². The predicted molar refractivity (Wildman–Crippen MR) is 87.9 cm³/mol. The van der Waals surface area contributed by atoms with Crippen LogP contribution in [0, 0.1) is 0 Å². The van der Waals surface area contributed by atoms with Gasteiger partial charge in [0.05, 0.1) is 5.25 Å². The normalized spacial score (nSPS) is 12.2. The summed E-state index contributed by atoms with van der Waals surface area (Å²) in [4.78, 5) is 13.4. The fourth-order valence-corrected chi connectivity index (χ4v) is 3.09. The Hall–Kier alpha value is -0.580. The average Bonchev–Trinajstić information content (AvgIpc) is 2.41. The van der Waals surface area contributed by atoms with Crippen LogP contribution in [0.3, 0.4) is 0 Å². The monoisotopic (exact) mass is 398 g/mol. The highest BCUT2D eigenvalue weighted by atomic mass is 79.9. The number of carbonyl (C=O) groups is 1. The molecule has 98 valence electrons. The van der Waals surface area contributed by atoms with E-state index in [-0.39, 0.29) is 11.0 Å².